The Bertz CT molecular complexity index is 491. The van der Waals surface area contributed by atoms with Gasteiger partial charge in [0.1, 0.15) is 0 Å². The first-order valence-electron chi connectivity index (χ1n) is 7.90. The lowest BCUT2D eigenvalue weighted by molar-refractivity contribution is 0.0595. The van der Waals surface area contributed by atoms with Crippen molar-refractivity contribution in [1.82, 2.24) is 9.80 Å². The molecule has 1 aliphatic rings. The molecule has 4 nitrogen and oxygen atoms in total. The van der Waals surface area contributed by atoms with Crippen molar-refractivity contribution in [3.8, 4) is 0 Å². The Hall–Kier alpha value is -1.55. The molecule has 1 aliphatic heterocycles. The Morgan fingerprint density at radius 1 is 1.24 bits per heavy atom. The van der Waals surface area contributed by atoms with Gasteiger partial charge in [0.05, 0.1) is 0 Å². The fourth-order valence-electron chi connectivity index (χ4n) is 2.83. The Labute approximate surface area is 128 Å². The summed E-state index contributed by atoms with van der Waals surface area (Å²) in [6, 6.07) is 6.56. The van der Waals surface area contributed by atoms with Crippen LogP contribution in [0.1, 0.15) is 36.7 Å². The van der Waals surface area contributed by atoms with Crippen molar-refractivity contribution >= 4 is 11.6 Å². The van der Waals surface area contributed by atoms with Crippen LogP contribution in [0.25, 0.3) is 0 Å². The topological polar surface area (TPSA) is 35.6 Å². The van der Waals surface area contributed by atoms with Gasteiger partial charge in [0.25, 0.3) is 5.91 Å². The summed E-state index contributed by atoms with van der Waals surface area (Å²) in [7, 11) is 0. The van der Waals surface area contributed by atoms with E-state index in [9.17, 15) is 4.79 Å². The van der Waals surface area contributed by atoms with Crippen molar-refractivity contribution < 1.29 is 4.79 Å². The number of carbonyl (C=O) groups is 1. The molecule has 0 unspecified atom stereocenters. The van der Waals surface area contributed by atoms with Crippen LogP contribution >= 0.6 is 0 Å². The number of benzene rings is 1. The lowest BCUT2D eigenvalue weighted by atomic mass is 10.1. The maximum absolute atomic E-state index is 12.7. The molecule has 2 rings (SSSR count). The average Bonchev–Trinajstić information content (AvgIpc) is 2.47. The summed E-state index contributed by atoms with van der Waals surface area (Å²) in [5.74, 6) is 0.166. The molecule has 1 fully saturated rings. The van der Waals surface area contributed by atoms with Crippen molar-refractivity contribution in [2.75, 3.05) is 38.0 Å². The number of nitrogens with zero attached hydrogens (tertiary/aromatic N) is 2. The number of hydrogen-bond acceptors (Lipinski definition) is 3. The molecule has 1 aromatic rings. The van der Waals surface area contributed by atoms with Crippen molar-refractivity contribution in [2.45, 2.75) is 33.7 Å². The summed E-state index contributed by atoms with van der Waals surface area (Å²) in [6.07, 6.45) is 0. The lowest BCUT2D eigenvalue weighted by Crippen LogP contribution is -2.50. The van der Waals surface area contributed by atoms with E-state index in [2.05, 4.69) is 37.1 Å². The van der Waals surface area contributed by atoms with E-state index in [1.807, 2.05) is 24.0 Å². The molecule has 0 saturated carbocycles. The van der Waals surface area contributed by atoms with Gasteiger partial charge in [-0.2, -0.15) is 0 Å². The molecular formula is C17H27N3O. The highest BCUT2D eigenvalue weighted by atomic mass is 16.2. The third-order valence-electron chi connectivity index (χ3n) is 4.17. The zero-order valence-electron chi connectivity index (χ0n) is 13.6. The van der Waals surface area contributed by atoms with Crippen LogP contribution in [0.15, 0.2) is 18.2 Å². The van der Waals surface area contributed by atoms with Crippen LogP contribution in [-0.2, 0) is 0 Å². The molecule has 0 bridgehead atoms. The van der Waals surface area contributed by atoms with E-state index in [1.165, 1.54) is 0 Å². The van der Waals surface area contributed by atoms with Crippen molar-refractivity contribution in [3.63, 3.8) is 0 Å². The molecule has 0 radical (unpaired) electrons. The van der Waals surface area contributed by atoms with Gasteiger partial charge in [0.2, 0.25) is 0 Å². The van der Waals surface area contributed by atoms with Crippen LogP contribution in [0.2, 0.25) is 0 Å². The van der Waals surface area contributed by atoms with Gasteiger partial charge < -0.3 is 10.2 Å². The summed E-state index contributed by atoms with van der Waals surface area (Å²) in [5.41, 5.74) is 2.95. The Balaban J connectivity index is 2.04. The molecule has 0 spiro atoms. The highest BCUT2D eigenvalue weighted by Crippen LogP contribution is 2.18. The number of piperazine rings is 1. The fraction of sp³-hybridized carbons (Fsp3) is 0.588. The number of hydrogen-bond donors (Lipinski definition) is 1. The Kier molecular flexibility index (Phi) is 5.23. The number of rotatable bonds is 4. The van der Waals surface area contributed by atoms with Crippen molar-refractivity contribution in [1.29, 1.82) is 0 Å². The summed E-state index contributed by atoms with van der Waals surface area (Å²) in [6.45, 7) is 13.0. The van der Waals surface area contributed by atoms with E-state index in [0.717, 1.165) is 49.5 Å². The van der Waals surface area contributed by atoms with E-state index in [-0.39, 0.29) is 5.91 Å². The van der Waals surface area contributed by atoms with Gasteiger partial charge in [-0.05, 0) is 51.5 Å². The smallest absolute Gasteiger partial charge is 0.254 e. The van der Waals surface area contributed by atoms with E-state index >= 15 is 0 Å². The molecular weight excluding hydrogens is 262 g/mol. The number of nitrogens with one attached hydrogen (secondary N) is 1. The Morgan fingerprint density at radius 3 is 2.43 bits per heavy atom. The summed E-state index contributed by atoms with van der Waals surface area (Å²) >= 11 is 0. The normalized spacial score (nSPS) is 16.3. The molecule has 0 atom stereocenters. The van der Waals surface area contributed by atoms with Crippen molar-refractivity contribution in [2.24, 2.45) is 0 Å². The minimum absolute atomic E-state index is 0.166. The SMILES string of the molecule is CCNc1ccc(C(=O)N2CCN(C(C)C)CC2)c(C)c1. The van der Waals surface area contributed by atoms with Gasteiger partial charge in [0.15, 0.2) is 0 Å². The van der Waals surface area contributed by atoms with E-state index in [4.69, 9.17) is 0 Å². The van der Waals surface area contributed by atoms with Crippen LogP contribution in [-0.4, -0.2) is 54.5 Å². The highest BCUT2D eigenvalue weighted by molar-refractivity contribution is 5.96. The summed E-state index contributed by atoms with van der Waals surface area (Å²) < 4.78 is 0. The van der Waals surface area contributed by atoms with Crippen LogP contribution in [0.5, 0.6) is 0 Å². The van der Waals surface area contributed by atoms with Crippen LogP contribution in [0.3, 0.4) is 0 Å². The molecule has 1 heterocycles. The zero-order valence-corrected chi connectivity index (χ0v) is 13.6. The quantitative estimate of drug-likeness (QED) is 0.925. The van der Waals surface area contributed by atoms with Crippen LogP contribution in [0, 0.1) is 6.92 Å². The largest absolute Gasteiger partial charge is 0.385 e. The lowest BCUT2D eigenvalue weighted by Gasteiger charge is -2.37. The second-order valence-electron chi connectivity index (χ2n) is 5.98. The summed E-state index contributed by atoms with van der Waals surface area (Å²) in [5, 5.41) is 3.28. The first-order valence-corrected chi connectivity index (χ1v) is 7.90. The second kappa shape index (κ2) is 6.94. The predicted octanol–water partition coefficient (Wildman–Crippen LogP) is 2.59. The average molecular weight is 289 g/mol. The second-order valence-corrected chi connectivity index (χ2v) is 5.98. The molecule has 1 amide bonds. The van der Waals surface area contributed by atoms with E-state index in [0.29, 0.717) is 6.04 Å². The molecule has 0 aliphatic carbocycles. The minimum atomic E-state index is 0.166. The Morgan fingerprint density at radius 2 is 1.90 bits per heavy atom. The molecule has 21 heavy (non-hydrogen) atoms. The van der Waals surface area contributed by atoms with E-state index < -0.39 is 0 Å². The third kappa shape index (κ3) is 3.76. The van der Waals surface area contributed by atoms with Crippen molar-refractivity contribution in [3.05, 3.63) is 29.3 Å². The third-order valence-corrected chi connectivity index (χ3v) is 4.17. The van der Waals surface area contributed by atoms with Gasteiger partial charge in [-0.15, -0.1) is 0 Å². The molecule has 1 saturated heterocycles. The monoisotopic (exact) mass is 289 g/mol. The predicted molar refractivity (Wildman–Crippen MR) is 88.0 cm³/mol. The minimum Gasteiger partial charge on any atom is -0.385 e. The molecule has 1 aromatic carbocycles. The fourth-order valence-corrected chi connectivity index (χ4v) is 2.83. The van der Waals surface area contributed by atoms with Gasteiger partial charge in [-0.3, -0.25) is 9.69 Å². The van der Waals surface area contributed by atoms with Gasteiger partial charge in [-0.25, -0.2) is 0 Å². The number of carbonyl (C=O) groups excluding carboxylic acids is 1. The number of aryl methyl sites for hydroxylation is 1. The first-order chi connectivity index (χ1) is 10.0. The van der Waals surface area contributed by atoms with Gasteiger partial charge >= 0.3 is 0 Å². The molecule has 4 heteroatoms. The molecule has 1 N–H and O–H groups in total. The van der Waals surface area contributed by atoms with Crippen LogP contribution < -0.4 is 5.32 Å². The van der Waals surface area contributed by atoms with Gasteiger partial charge in [-0.1, -0.05) is 0 Å². The van der Waals surface area contributed by atoms with Crippen LogP contribution in [0.4, 0.5) is 5.69 Å². The molecule has 0 aromatic heterocycles. The van der Waals surface area contributed by atoms with E-state index in [1.54, 1.807) is 0 Å². The summed E-state index contributed by atoms with van der Waals surface area (Å²) in [4.78, 5) is 17.1. The standard InChI is InChI=1S/C17H27N3O/c1-5-18-15-6-7-16(14(4)12-15)17(21)20-10-8-19(9-11-20)13(2)3/h6-7,12-13,18H,5,8-11H2,1-4H3. The number of amides is 1. The first kappa shape index (κ1) is 15.8. The maximum Gasteiger partial charge on any atom is 0.254 e. The van der Waals surface area contributed by atoms with Gasteiger partial charge in [0, 0.05) is 50.0 Å². The maximum atomic E-state index is 12.7. The molecule has 116 valence electrons. The zero-order chi connectivity index (χ0) is 15.4. The highest BCUT2D eigenvalue weighted by Gasteiger charge is 2.24. The number of anilines is 1.